The molecule has 10 heteroatoms. The van der Waals surface area contributed by atoms with Gasteiger partial charge < -0.3 is 30.9 Å². The molecule has 0 radical (unpaired) electrons. The molecule has 0 bridgehead atoms. The van der Waals surface area contributed by atoms with Crippen LogP contribution in [0, 0.1) is 23.7 Å². The van der Waals surface area contributed by atoms with E-state index in [2.05, 4.69) is 0 Å². The summed E-state index contributed by atoms with van der Waals surface area (Å²) in [4.78, 5) is 51.0. The van der Waals surface area contributed by atoms with E-state index in [9.17, 15) is 39.6 Å². The fourth-order valence-electron chi connectivity index (χ4n) is 5.79. The number of rotatable bonds is 3. The van der Waals surface area contributed by atoms with Crippen LogP contribution in [-0.4, -0.2) is 56.6 Å². The third-order valence-electron chi connectivity index (χ3n) is 7.26. The first-order valence-corrected chi connectivity index (χ1v) is 10.8. The Morgan fingerprint density at radius 2 is 1.82 bits per heavy atom. The molecule has 3 aliphatic carbocycles. The molecule has 180 valence electrons. The Kier molecular flexibility index (Phi) is 5.32. The first-order valence-electron chi connectivity index (χ1n) is 10.8. The topological polar surface area (TPSA) is 184 Å². The fourth-order valence-corrected chi connectivity index (χ4v) is 5.79. The van der Waals surface area contributed by atoms with E-state index in [1.54, 1.807) is 13.8 Å². The number of amides is 1. The summed E-state index contributed by atoms with van der Waals surface area (Å²) in [6.45, 7) is 3.36. The molecule has 4 atom stereocenters. The van der Waals surface area contributed by atoms with Crippen LogP contribution in [0.2, 0.25) is 0 Å². The second kappa shape index (κ2) is 7.69. The Morgan fingerprint density at radius 3 is 2.38 bits per heavy atom. The van der Waals surface area contributed by atoms with Crippen molar-refractivity contribution < 1.29 is 44.3 Å². The number of hydrogen-bond acceptors (Lipinski definition) is 9. The summed E-state index contributed by atoms with van der Waals surface area (Å²) in [5.74, 6) is -9.31. The van der Waals surface area contributed by atoms with Crippen molar-refractivity contribution in [2.75, 3.05) is 7.11 Å². The van der Waals surface area contributed by atoms with Crippen molar-refractivity contribution in [2.45, 2.75) is 32.3 Å². The van der Waals surface area contributed by atoms with Crippen LogP contribution >= 0.6 is 0 Å². The number of phenols is 1. The average molecular weight is 471 g/mol. The number of aromatic hydroxyl groups is 1. The number of nitrogens with two attached hydrogens (primary N) is 1. The van der Waals surface area contributed by atoms with Crippen LogP contribution in [-0.2, 0) is 25.5 Å². The van der Waals surface area contributed by atoms with Gasteiger partial charge in [0.1, 0.15) is 22.8 Å². The molecule has 6 N–H and O–H groups in total. The molecule has 0 aromatic heterocycles. The summed E-state index contributed by atoms with van der Waals surface area (Å²) in [6.07, 6.45) is 0.0000687. The third kappa shape index (κ3) is 2.91. The molecule has 34 heavy (non-hydrogen) atoms. The van der Waals surface area contributed by atoms with E-state index in [1.807, 2.05) is 0 Å². The van der Waals surface area contributed by atoms with Gasteiger partial charge >= 0.3 is 5.97 Å². The first-order chi connectivity index (χ1) is 15.9. The van der Waals surface area contributed by atoms with E-state index < -0.39 is 75.6 Å². The number of methoxy groups -OCH3 is 1. The Balaban J connectivity index is 1.99. The lowest BCUT2D eigenvalue weighted by Gasteiger charge is -2.50. The molecular weight excluding hydrogens is 446 g/mol. The number of ketones is 2. The van der Waals surface area contributed by atoms with Gasteiger partial charge in [-0.1, -0.05) is 13.8 Å². The molecule has 1 amide bonds. The van der Waals surface area contributed by atoms with E-state index in [-0.39, 0.29) is 35.1 Å². The summed E-state index contributed by atoms with van der Waals surface area (Å²) >= 11 is 0. The lowest BCUT2D eigenvalue weighted by Crippen LogP contribution is -2.62. The van der Waals surface area contributed by atoms with Gasteiger partial charge in [0, 0.05) is 17.4 Å². The summed E-state index contributed by atoms with van der Waals surface area (Å²) in [5.41, 5.74) is 1.72. The molecule has 0 unspecified atom stereocenters. The minimum Gasteiger partial charge on any atom is -0.508 e. The highest BCUT2D eigenvalue weighted by Crippen LogP contribution is 2.54. The molecule has 10 nitrogen and oxygen atoms in total. The number of Topliss-reactive ketones (excluding diaryl/α,β-unsaturated/α-hetero) is 2. The van der Waals surface area contributed by atoms with Gasteiger partial charge in [0.15, 0.2) is 11.4 Å². The lowest BCUT2D eigenvalue weighted by molar-refractivity contribution is -0.155. The number of benzene rings is 1. The maximum atomic E-state index is 13.7. The highest BCUT2D eigenvalue weighted by atomic mass is 16.5. The van der Waals surface area contributed by atoms with Crippen molar-refractivity contribution >= 4 is 29.2 Å². The molecule has 0 spiro atoms. The van der Waals surface area contributed by atoms with Crippen LogP contribution in [0.15, 0.2) is 29.0 Å². The number of carbonyl (C=O) groups is 4. The largest absolute Gasteiger partial charge is 0.508 e. The number of carbonyl (C=O) groups excluding carboxylic acids is 4. The molecule has 0 saturated heterocycles. The van der Waals surface area contributed by atoms with Crippen molar-refractivity contribution in [2.24, 2.45) is 29.4 Å². The van der Waals surface area contributed by atoms with Gasteiger partial charge in [0.2, 0.25) is 5.78 Å². The van der Waals surface area contributed by atoms with Crippen LogP contribution in [0.1, 0.15) is 41.8 Å². The maximum absolute atomic E-state index is 13.7. The van der Waals surface area contributed by atoms with E-state index in [0.29, 0.717) is 0 Å². The van der Waals surface area contributed by atoms with E-state index in [4.69, 9.17) is 10.5 Å². The predicted octanol–water partition coefficient (Wildman–Crippen LogP) is 1.09. The van der Waals surface area contributed by atoms with Gasteiger partial charge in [-0.05, 0) is 42.4 Å². The van der Waals surface area contributed by atoms with Gasteiger partial charge in [-0.15, -0.1) is 0 Å². The number of hydrogen-bond donors (Lipinski definition) is 5. The monoisotopic (exact) mass is 471 g/mol. The van der Waals surface area contributed by atoms with E-state index >= 15 is 0 Å². The smallest absolute Gasteiger partial charge is 0.338 e. The molecule has 3 aliphatic rings. The normalized spacial score (nSPS) is 28.4. The van der Waals surface area contributed by atoms with Crippen molar-refractivity contribution in [1.29, 1.82) is 0 Å². The zero-order valence-corrected chi connectivity index (χ0v) is 18.8. The summed E-state index contributed by atoms with van der Waals surface area (Å²) < 4.78 is 4.79. The first kappa shape index (κ1) is 23.5. The molecule has 1 aromatic rings. The molecular formula is C24H25NO9. The lowest BCUT2D eigenvalue weighted by atomic mass is 9.54. The number of primary amides is 1. The average Bonchev–Trinajstić information content (AvgIpc) is 2.75. The summed E-state index contributed by atoms with van der Waals surface area (Å²) in [7, 11) is 1.18. The quantitative estimate of drug-likeness (QED) is 0.318. The minimum absolute atomic E-state index is 0.0258. The van der Waals surface area contributed by atoms with Gasteiger partial charge in [0.25, 0.3) is 5.91 Å². The maximum Gasteiger partial charge on any atom is 0.338 e. The van der Waals surface area contributed by atoms with Crippen LogP contribution in [0.4, 0.5) is 0 Å². The number of aliphatic hydroxyl groups excluding tert-OH is 2. The zero-order chi connectivity index (χ0) is 25.3. The third-order valence-corrected chi connectivity index (χ3v) is 7.26. The van der Waals surface area contributed by atoms with Crippen LogP contribution < -0.4 is 5.73 Å². The fraction of sp³-hybridized carbons (Fsp3) is 0.417. The number of aliphatic hydroxyl groups is 3. The van der Waals surface area contributed by atoms with Crippen molar-refractivity contribution in [3.63, 3.8) is 0 Å². The number of phenolic OH excluding ortho intramolecular Hbond substituents is 1. The van der Waals surface area contributed by atoms with Gasteiger partial charge in [-0.25, -0.2) is 4.79 Å². The SMILES string of the molecule is COC(=O)c1ccc(O)c2c1C[C@H]1C[C@H]3[C@H](C(C)C)C(=O)C(C(N)=O)=C(O)[C@@]3(O)C(=O)C1=C2O. The van der Waals surface area contributed by atoms with Gasteiger partial charge in [0.05, 0.1) is 18.2 Å². The highest BCUT2D eigenvalue weighted by Gasteiger charge is 2.64. The second-order valence-electron chi connectivity index (χ2n) is 9.30. The number of fused-ring (bicyclic) bond motifs is 3. The standard InChI is InChI=1S/C24H25NO9/c1-8(2)14-12-7-9-6-11-10(23(32)34-3)4-5-13(26)16(11)19(28)15(9)20(29)24(12,33)21(30)17(18(14)27)22(25)31/h4-5,8-9,12,14,26,28,30,33H,6-7H2,1-3H3,(H2,25,31)/t9-,12-,14-,24-/m0/s1. The summed E-state index contributed by atoms with van der Waals surface area (Å²) in [5, 5.41) is 43.8. The van der Waals surface area contributed by atoms with Crippen LogP contribution in [0.25, 0.3) is 5.76 Å². The summed E-state index contributed by atoms with van der Waals surface area (Å²) in [6, 6.07) is 2.51. The molecule has 1 fully saturated rings. The molecule has 4 rings (SSSR count). The van der Waals surface area contributed by atoms with Crippen molar-refractivity contribution in [1.82, 2.24) is 0 Å². The molecule has 1 saturated carbocycles. The predicted molar refractivity (Wildman–Crippen MR) is 116 cm³/mol. The van der Waals surface area contributed by atoms with E-state index in [0.717, 1.165) is 0 Å². The van der Waals surface area contributed by atoms with Crippen molar-refractivity contribution in [3.8, 4) is 5.75 Å². The van der Waals surface area contributed by atoms with Crippen LogP contribution in [0.3, 0.4) is 0 Å². The highest BCUT2D eigenvalue weighted by molar-refractivity contribution is 6.23. The van der Waals surface area contributed by atoms with Gasteiger partial charge in [-0.2, -0.15) is 0 Å². The molecule has 1 aromatic carbocycles. The Labute approximate surface area is 194 Å². The zero-order valence-electron chi connectivity index (χ0n) is 18.8. The number of esters is 1. The Morgan fingerprint density at radius 1 is 1.18 bits per heavy atom. The van der Waals surface area contributed by atoms with Crippen LogP contribution in [0.5, 0.6) is 5.75 Å². The van der Waals surface area contributed by atoms with Gasteiger partial charge in [-0.3, -0.25) is 14.4 Å². The minimum atomic E-state index is -2.67. The Bertz CT molecular complexity index is 1230. The van der Waals surface area contributed by atoms with Crippen molar-refractivity contribution in [3.05, 3.63) is 45.7 Å². The molecule has 0 aliphatic heterocycles. The second-order valence-corrected chi connectivity index (χ2v) is 9.30. The van der Waals surface area contributed by atoms with E-state index in [1.165, 1.54) is 19.2 Å². The Hall–Kier alpha value is -3.66. The number of ether oxygens (including phenoxy) is 1. The molecule has 0 heterocycles.